The highest BCUT2D eigenvalue weighted by Gasteiger charge is 2.43. The maximum absolute atomic E-state index is 12.2. The molecule has 6 heteroatoms. The van der Waals surface area contributed by atoms with Crippen molar-refractivity contribution in [3.05, 3.63) is 18.2 Å². The third kappa shape index (κ3) is 3.44. The molecule has 1 fully saturated rings. The second-order valence-corrected chi connectivity index (χ2v) is 6.14. The average Bonchev–Trinajstić information content (AvgIpc) is 2.99. The molecule has 1 amide bonds. The second-order valence-electron chi connectivity index (χ2n) is 6.14. The van der Waals surface area contributed by atoms with E-state index in [1.807, 2.05) is 38.2 Å². The number of carbonyl (C=O) groups is 1. The molecule has 0 aromatic carbocycles. The van der Waals surface area contributed by atoms with Crippen LogP contribution in [0.25, 0.3) is 0 Å². The summed E-state index contributed by atoms with van der Waals surface area (Å²) in [4.78, 5) is 20.4. The van der Waals surface area contributed by atoms with E-state index in [9.17, 15) is 4.79 Å². The number of hydrogen-bond donors (Lipinski definition) is 0. The van der Waals surface area contributed by atoms with Gasteiger partial charge < -0.3 is 14.2 Å². The molecule has 0 bridgehead atoms. The van der Waals surface area contributed by atoms with E-state index in [1.54, 1.807) is 12.0 Å². The fourth-order valence-electron chi connectivity index (χ4n) is 3.10. The molecule has 0 radical (unpaired) electrons. The third-order valence-corrected chi connectivity index (χ3v) is 4.40. The van der Waals surface area contributed by atoms with Gasteiger partial charge in [-0.05, 0) is 19.4 Å². The number of imidazole rings is 1. The van der Waals surface area contributed by atoms with Crippen LogP contribution in [0.15, 0.2) is 12.5 Å². The van der Waals surface area contributed by atoms with Gasteiger partial charge in [-0.3, -0.25) is 9.69 Å². The van der Waals surface area contributed by atoms with Crippen LogP contribution in [0.3, 0.4) is 0 Å². The molecular weight excluding hydrogens is 268 g/mol. The fourth-order valence-corrected chi connectivity index (χ4v) is 3.10. The zero-order valence-electron chi connectivity index (χ0n) is 13.5. The summed E-state index contributed by atoms with van der Waals surface area (Å²) in [6.45, 7) is 2.39. The minimum Gasteiger partial charge on any atom is -0.383 e. The Morgan fingerprint density at radius 3 is 2.86 bits per heavy atom. The number of amides is 1. The highest BCUT2D eigenvalue weighted by molar-refractivity contribution is 5.77. The summed E-state index contributed by atoms with van der Waals surface area (Å²) in [6.07, 6.45) is 6.31. The van der Waals surface area contributed by atoms with Gasteiger partial charge in [-0.25, -0.2) is 4.98 Å². The second kappa shape index (κ2) is 6.58. The van der Waals surface area contributed by atoms with Crippen LogP contribution in [0, 0.1) is 0 Å². The van der Waals surface area contributed by atoms with Crippen molar-refractivity contribution in [3.63, 3.8) is 0 Å². The van der Waals surface area contributed by atoms with Crippen molar-refractivity contribution in [1.82, 2.24) is 19.4 Å². The summed E-state index contributed by atoms with van der Waals surface area (Å²) >= 11 is 0. The Balaban J connectivity index is 2.17. The van der Waals surface area contributed by atoms with E-state index in [2.05, 4.69) is 9.88 Å². The van der Waals surface area contributed by atoms with Crippen molar-refractivity contribution >= 4 is 5.91 Å². The molecule has 1 saturated heterocycles. The molecule has 118 valence electrons. The quantitative estimate of drug-likeness (QED) is 0.781. The van der Waals surface area contributed by atoms with Gasteiger partial charge in [0, 0.05) is 47.4 Å². The molecule has 0 unspecified atom stereocenters. The van der Waals surface area contributed by atoms with Crippen LogP contribution in [-0.2, 0) is 23.1 Å². The van der Waals surface area contributed by atoms with Crippen LogP contribution in [0.5, 0.6) is 0 Å². The Labute approximate surface area is 126 Å². The van der Waals surface area contributed by atoms with Crippen molar-refractivity contribution in [2.45, 2.75) is 31.3 Å². The molecule has 0 aliphatic carbocycles. The molecular formula is C15H26N4O2. The van der Waals surface area contributed by atoms with Crippen molar-refractivity contribution < 1.29 is 9.53 Å². The van der Waals surface area contributed by atoms with E-state index >= 15 is 0 Å². The van der Waals surface area contributed by atoms with Crippen molar-refractivity contribution in [3.8, 4) is 0 Å². The van der Waals surface area contributed by atoms with Gasteiger partial charge in [0.05, 0.1) is 24.2 Å². The monoisotopic (exact) mass is 294 g/mol. The lowest BCUT2D eigenvalue weighted by molar-refractivity contribution is -0.132. The van der Waals surface area contributed by atoms with E-state index in [0.717, 1.165) is 31.6 Å². The van der Waals surface area contributed by atoms with Gasteiger partial charge in [0.2, 0.25) is 5.91 Å². The summed E-state index contributed by atoms with van der Waals surface area (Å²) in [6, 6.07) is 0. The molecule has 21 heavy (non-hydrogen) atoms. The number of carbonyl (C=O) groups excluding carboxylic acids is 1. The van der Waals surface area contributed by atoms with Crippen molar-refractivity contribution in [2.24, 2.45) is 7.05 Å². The Morgan fingerprint density at radius 2 is 2.29 bits per heavy atom. The summed E-state index contributed by atoms with van der Waals surface area (Å²) in [7, 11) is 7.33. The Hall–Kier alpha value is -1.40. The number of methoxy groups -OCH3 is 1. The van der Waals surface area contributed by atoms with Crippen LogP contribution < -0.4 is 0 Å². The molecule has 1 aromatic rings. The first kappa shape index (κ1) is 16.0. The van der Waals surface area contributed by atoms with Crippen molar-refractivity contribution in [1.29, 1.82) is 0 Å². The lowest BCUT2D eigenvalue weighted by Gasteiger charge is -2.38. The van der Waals surface area contributed by atoms with Gasteiger partial charge in [0.1, 0.15) is 0 Å². The average molecular weight is 294 g/mol. The first-order valence-electron chi connectivity index (χ1n) is 7.38. The van der Waals surface area contributed by atoms with E-state index in [-0.39, 0.29) is 11.4 Å². The van der Waals surface area contributed by atoms with E-state index in [1.165, 1.54) is 0 Å². The van der Waals surface area contributed by atoms with E-state index < -0.39 is 0 Å². The predicted molar refractivity (Wildman–Crippen MR) is 80.8 cm³/mol. The Bertz CT molecular complexity index is 486. The number of aryl methyl sites for hydroxylation is 1. The van der Waals surface area contributed by atoms with Crippen LogP contribution >= 0.6 is 0 Å². The summed E-state index contributed by atoms with van der Waals surface area (Å²) < 4.78 is 7.49. The molecule has 2 rings (SSSR count). The molecule has 6 nitrogen and oxygen atoms in total. The third-order valence-electron chi connectivity index (χ3n) is 4.40. The fraction of sp³-hybridized carbons (Fsp3) is 0.733. The molecule has 1 aromatic heterocycles. The van der Waals surface area contributed by atoms with Crippen LogP contribution in [-0.4, -0.2) is 65.2 Å². The topological polar surface area (TPSA) is 50.6 Å². The standard InChI is InChI=1S/C15H26N4O2/c1-17(2)14(20)8-15(11-21-4)6-5-7-19(15)10-13-9-16-12-18(13)3/h9,12H,5-8,10-11H2,1-4H3/t15-/m1/s1. The molecule has 1 aliphatic heterocycles. The lowest BCUT2D eigenvalue weighted by Crippen LogP contribution is -2.50. The maximum Gasteiger partial charge on any atom is 0.224 e. The number of ether oxygens (including phenoxy) is 1. The van der Waals surface area contributed by atoms with Gasteiger partial charge in [-0.15, -0.1) is 0 Å². The van der Waals surface area contributed by atoms with Gasteiger partial charge in [-0.2, -0.15) is 0 Å². The largest absolute Gasteiger partial charge is 0.383 e. The zero-order valence-corrected chi connectivity index (χ0v) is 13.5. The zero-order chi connectivity index (χ0) is 15.5. The molecule has 0 spiro atoms. The normalized spacial score (nSPS) is 22.7. The molecule has 1 aliphatic rings. The smallest absolute Gasteiger partial charge is 0.224 e. The number of likely N-dealkylation sites (tertiary alicyclic amines) is 1. The van der Waals surface area contributed by atoms with Gasteiger partial charge in [-0.1, -0.05) is 0 Å². The molecule has 2 heterocycles. The minimum absolute atomic E-state index is 0.156. The number of hydrogen-bond acceptors (Lipinski definition) is 4. The summed E-state index contributed by atoms with van der Waals surface area (Å²) in [5, 5.41) is 0. The van der Waals surface area contributed by atoms with Crippen LogP contribution in [0.4, 0.5) is 0 Å². The lowest BCUT2D eigenvalue weighted by atomic mass is 9.92. The summed E-state index contributed by atoms with van der Waals surface area (Å²) in [5.41, 5.74) is 0.968. The van der Waals surface area contributed by atoms with E-state index in [0.29, 0.717) is 13.0 Å². The van der Waals surface area contributed by atoms with Crippen LogP contribution in [0.1, 0.15) is 25.0 Å². The minimum atomic E-state index is -0.194. The van der Waals surface area contributed by atoms with Gasteiger partial charge in [0.25, 0.3) is 0 Å². The number of rotatable bonds is 6. The number of nitrogens with zero attached hydrogens (tertiary/aromatic N) is 4. The molecule has 1 atom stereocenters. The Morgan fingerprint density at radius 1 is 1.52 bits per heavy atom. The first-order valence-corrected chi connectivity index (χ1v) is 7.38. The van der Waals surface area contributed by atoms with Crippen molar-refractivity contribution in [2.75, 3.05) is 34.4 Å². The van der Waals surface area contributed by atoms with Gasteiger partial charge >= 0.3 is 0 Å². The van der Waals surface area contributed by atoms with Gasteiger partial charge in [0.15, 0.2) is 0 Å². The SMILES string of the molecule is COC[C@]1(CC(=O)N(C)C)CCCN1Cc1cncn1C. The van der Waals surface area contributed by atoms with E-state index in [4.69, 9.17) is 4.74 Å². The first-order chi connectivity index (χ1) is 9.98. The molecule has 0 N–H and O–H groups in total. The van der Waals surface area contributed by atoms with Crippen LogP contribution in [0.2, 0.25) is 0 Å². The maximum atomic E-state index is 12.2. The molecule has 0 saturated carbocycles. The predicted octanol–water partition coefficient (Wildman–Crippen LogP) is 0.879. The summed E-state index contributed by atoms with van der Waals surface area (Å²) in [5.74, 6) is 0.156. The highest BCUT2D eigenvalue weighted by atomic mass is 16.5. The number of aromatic nitrogens is 2. The highest BCUT2D eigenvalue weighted by Crippen LogP contribution is 2.34. The Kier molecular flexibility index (Phi) is 5.00.